The lowest BCUT2D eigenvalue weighted by Gasteiger charge is -2.28. The van der Waals surface area contributed by atoms with Crippen molar-refractivity contribution in [1.82, 2.24) is 0 Å². The highest BCUT2D eigenvalue weighted by Crippen LogP contribution is 2.41. The minimum Gasteiger partial charge on any atom is -0.507 e. The van der Waals surface area contributed by atoms with E-state index < -0.39 is 5.97 Å². The summed E-state index contributed by atoms with van der Waals surface area (Å²) in [4.78, 5) is 11.7. The number of phenols is 1. The number of carboxylic acids is 1. The van der Waals surface area contributed by atoms with Crippen molar-refractivity contribution in [2.24, 2.45) is 0 Å². The Hall–Kier alpha value is -1.16. The van der Waals surface area contributed by atoms with Gasteiger partial charge in [-0.05, 0) is 41.6 Å². The first-order chi connectivity index (χ1) is 13.9. The van der Waals surface area contributed by atoms with E-state index in [1.165, 1.54) is 43.4 Å². The monoisotopic (exact) mass is 436 g/mol. The third-order valence-electron chi connectivity index (χ3n) is 5.50. The van der Waals surface area contributed by atoms with Gasteiger partial charge in [0.25, 0.3) is 0 Å². The number of aliphatic carboxylic acids is 1. The van der Waals surface area contributed by atoms with Gasteiger partial charge < -0.3 is 10.2 Å². The van der Waals surface area contributed by atoms with E-state index in [4.69, 9.17) is 5.11 Å². The Kier molecular flexibility index (Phi) is 11.3. The predicted octanol–water partition coefficient (Wildman–Crippen LogP) is 8.06. The van der Waals surface area contributed by atoms with Gasteiger partial charge in [0, 0.05) is 22.4 Å². The number of thioether (sulfide) groups is 1. The number of rotatable bonds is 13. The van der Waals surface area contributed by atoms with Crippen molar-refractivity contribution in [2.45, 2.75) is 121 Å². The number of carbonyl (C=O) groups is 1. The van der Waals surface area contributed by atoms with Crippen molar-refractivity contribution >= 4 is 17.7 Å². The van der Waals surface area contributed by atoms with Crippen molar-refractivity contribution in [1.29, 1.82) is 0 Å². The molecule has 0 aromatic heterocycles. The van der Waals surface area contributed by atoms with Crippen LogP contribution in [-0.4, -0.2) is 21.9 Å². The lowest BCUT2D eigenvalue weighted by Crippen LogP contribution is -2.17. The molecule has 0 radical (unpaired) electrons. The normalized spacial score (nSPS) is 12.3. The zero-order valence-electron chi connectivity index (χ0n) is 20.1. The quantitative estimate of drug-likeness (QED) is 0.242. The molecule has 1 aromatic carbocycles. The van der Waals surface area contributed by atoms with Crippen LogP contribution in [0.4, 0.5) is 0 Å². The van der Waals surface area contributed by atoms with Gasteiger partial charge in [-0.2, -0.15) is 0 Å². The fraction of sp³-hybridized carbons (Fsp3) is 0.731. The van der Waals surface area contributed by atoms with Crippen LogP contribution < -0.4 is 0 Å². The molecule has 0 bridgehead atoms. The van der Waals surface area contributed by atoms with Gasteiger partial charge in [0.1, 0.15) is 5.75 Å². The fourth-order valence-corrected chi connectivity index (χ4v) is 4.63. The molecule has 0 fully saturated rings. The molecule has 0 heterocycles. The maximum absolute atomic E-state index is 10.8. The highest BCUT2D eigenvalue weighted by atomic mass is 32.2. The second-order valence-electron chi connectivity index (χ2n) is 10.5. The van der Waals surface area contributed by atoms with Gasteiger partial charge in [-0.3, -0.25) is 4.79 Å². The molecular formula is C26H44O3S. The van der Waals surface area contributed by atoms with Crippen LogP contribution in [0.15, 0.2) is 17.0 Å². The average molecular weight is 437 g/mol. The number of benzene rings is 1. The minimum absolute atomic E-state index is 0.0751. The van der Waals surface area contributed by atoms with E-state index in [-0.39, 0.29) is 10.8 Å². The highest BCUT2D eigenvalue weighted by Gasteiger charge is 2.26. The highest BCUT2D eigenvalue weighted by molar-refractivity contribution is 7.99. The van der Waals surface area contributed by atoms with E-state index in [1.54, 1.807) is 0 Å². The van der Waals surface area contributed by atoms with Gasteiger partial charge in [0.2, 0.25) is 0 Å². The second kappa shape index (κ2) is 12.6. The summed E-state index contributed by atoms with van der Waals surface area (Å²) in [5, 5.41) is 19.5. The van der Waals surface area contributed by atoms with Crippen LogP contribution in [0.5, 0.6) is 5.75 Å². The maximum atomic E-state index is 10.8. The molecule has 0 saturated heterocycles. The Balaban J connectivity index is 2.36. The van der Waals surface area contributed by atoms with Crippen LogP contribution in [0, 0.1) is 0 Å². The van der Waals surface area contributed by atoms with Gasteiger partial charge in [0.05, 0.1) is 0 Å². The average Bonchev–Trinajstić information content (AvgIpc) is 2.61. The van der Waals surface area contributed by atoms with Crippen LogP contribution in [0.3, 0.4) is 0 Å². The second-order valence-corrected chi connectivity index (χ2v) is 11.7. The summed E-state index contributed by atoms with van der Waals surface area (Å²) in [7, 11) is 0. The van der Waals surface area contributed by atoms with Crippen molar-refractivity contribution in [3.63, 3.8) is 0 Å². The molecule has 172 valence electrons. The molecule has 1 rings (SSSR count). The van der Waals surface area contributed by atoms with Gasteiger partial charge >= 0.3 is 5.97 Å². The van der Waals surface area contributed by atoms with Crippen LogP contribution in [0.1, 0.15) is 117 Å². The molecular weight excluding hydrogens is 392 g/mol. The van der Waals surface area contributed by atoms with Crippen LogP contribution >= 0.6 is 11.8 Å². The number of unbranched alkanes of at least 4 members (excludes halogenated alkanes) is 8. The molecule has 3 nitrogen and oxygen atoms in total. The molecule has 0 atom stereocenters. The largest absolute Gasteiger partial charge is 0.507 e. The number of aromatic hydroxyl groups is 1. The van der Waals surface area contributed by atoms with E-state index in [1.807, 2.05) is 11.8 Å². The molecule has 0 amide bonds. The Labute approximate surface area is 189 Å². The molecule has 1 aromatic rings. The van der Waals surface area contributed by atoms with Gasteiger partial charge in [0.15, 0.2) is 0 Å². The Bertz CT molecular complexity index is 618. The third kappa shape index (κ3) is 10.2. The SMILES string of the molecule is CC(C)(C)c1cc(SCCCCCCCCCCCC(=O)O)cc(C(C)(C)C)c1O. The predicted molar refractivity (Wildman–Crippen MR) is 130 cm³/mol. The molecule has 0 aliphatic rings. The summed E-state index contributed by atoms with van der Waals surface area (Å²) in [6.45, 7) is 13.0. The van der Waals surface area contributed by atoms with Crippen LogP contribution in [0.25, 0.3) is 0 Å². The van der Waals surface area contributed by atoms with Crippen molar-refractivity contribution in [3.8, 4) is 5.75 Å². The van der Waals surface area contributed by atoms with Gasteiger partial charge in [-0.25, -0.2) is 0 Å². The zero-order chi connectivity index (χ0) is 22.8. The number of hydrogen-bond donors (Lipinski definition) is 2. The Morgan fingerprint density at radius 3 is 1.57 bits per heavy atom. The summed E-state index contributed by atoms with van der Waals surface area (Å²) >= 11 is 1.91. The first-order valence-electron chi connectivity index (χ1n) is 11.7. The standard InChI is InChI=1S/C26H44O3S/c1-25(2,3)21-18-20(19-22(24(21)29)26(4,5)6)30-17-15-13-11-9-7-8-10-12-14-16-23(27)28/h18-19,29H,7-17H2,1-6H3,(H,27,28). The molecule has 0 aliphatic heterocycles. The zero-order valence-corrected chi connectivity index (χ0v) is 21.0. The van der Waals surface area contributed by atoms with E-state index in [2.05, 4.69) is 53.7 Å². The topological polar surface area (TPSA) is 57.5 Å². The summed E-state index contributed by atoms with van der Waals surface area (Å²) in [6, 6.07) is 4.36. The lowest BCUT2D eigenvalue weighted by molar-refractivity contribution is -0.137. The summed E-state index contributed by atoms with van der Waals surface area (Å²) in [5.41, 5.74) is 1.93. The smallest absolute Gasteiger partial charge is 0.303 e. The third-order valence-corrected chi connectivity index (χ3v) is 6.57. The number of carboxylic acid groups (broad SMARTS) is 1. The first-order valence-corrected chi connectivity index (χ1v) is 12.6. The number of phenolic OH excluding ortho intramolecular Hbond substituents is 1. The molecule has 0 saturated carbocycles. The maximum Gasteiger partial charge on any atom is 0.303 e. The van der Waals surface area contributed by atoms with Crippen molar-refractivity contribution < 1.29 is 15.0 Å². The van der Waals surface area contributed by atoms with E-state index in [0.29, 0.717) is 12.2 Å². The van der Waals surface area contributed by atoms with Crippen molar-refractivity contribution in [3.05, 3.63) is 23.3 Å². The first kappa shape index (κ1) is 26.9. The van der Waals surface area contributed by atoms with Crippen LogP contribution in [-0.2, 0) is 15.6 Å². The van der Waals surface area contributed by atoms with E-state index >= 15 is 0 Å². The van der Waals surface area contributed by atoms with E-state index in [0.717, 1.165) is 36.1 Å². The molecule has 30 heavy (non-hydrogen) atoms. The minimum atomic E-state index is -0.676. The van der Waals surface area contributed by atoms with Gasteiger partial charge in [-0.15, -0.1) is 11.8 Å². The number of hydrogen-bond acceptors (Lipinski definition) is 3. The molecule has 0 unspecified atom stereocenters. The molecule has 0 spiro atoms. The Morgan fingerprint density at radius 1 is 0.767 bits per heavy atom. The van der Waals surface area contributed by atoms with Crippen LogP contribution in [0.2, 0.25) is 0 Å². The van der Waals surface area contributed by atoms with Crippen molar-refractivity contribution in [2.75, 3.05) is 5.75 Å². The summed E-state index contributed by atoms with van der Waals surface area (Å²) < 4.78 is 0. The molecule has 4 heteroatoms. The summed E-state index contributed by atoms with van der Waals surface area (Å²) in [6.07, 6.45) is 10.9. The van der Waals surface area contributed by atoms with Gasteiger partial charge in [-0.1, -0.05) is 86.5 Å². The fourth-order valence-electron chi connectivity index (χ4n) is 3.64. The Morgan fingerprint density at radius 2 is 1.17 bits per heavy atom. The molecule has 2 N–H and O–H groups in total. The molecule has 0 aliphatic carbocycles. The van der Waals surface area contributed by atoms with E-state index in [9.17, 15) is 9.90 Å². The summed E-state index contributed by atoms with van der Waals surface area (Å²) in [5.74, 6) is 0.902. The lowest BCUT2D eigenvalue weighted by atomic mass is 9.79.